The number of halogens is 4. The molecule has 2 heterocycles. The van der Waals surface area contributed by atoms with Gasteiger partial charge in [0.1, 0.15) is 5.15 Å². The molecule has 19 heavy (non-hydrogen) atoms. The number of rotatable bonds is 2. The molecule has 3 nitrogen and oxygen atoms in total. The van der Waals surface area contributed by atoms with Crippen LogP contribution in [0.15, 0.2) is 20.4 Å². The van der Waals surface area contributed by atoms with Crippen LogP contribution in [-0.2, 0) is 0 Å². The van der Waals surface area contributed by atoms with E-state index in [4.69, 9.17) is 23.2 Å². The van der Waals surface area contributed by atoms with Gasteiger partial charge in [-0.25, -0.2) is 4.98 Å². The van der Waals surface area contributed by atoms with Crippen LogP contribution in [-0.4, -0.2) is 10.9 Å². The van der Waals surface area contributed by atoms with Crippen LogP contribution in [0.25, 0.3) is 0 Å². The first kappa shape index (κ1) is 15.3. The molecule has 0 bridgehead atoms. The maximum atomic E-state index is 12.1. The molecule has 0 aliphatic rings. The first-order valence-electron chi connectivity index (χ1n) is 4.97. The molecular weight excluding hydrogens is 439 g/mol. The number of nitrogens with one attached hydrogen (secondary N) is 1. The second-order valence-electron chi connectivity index (χ2n) is 3.61. The Bertz CT molecular complexity index is 618. The van der Waals surface area contributed by atoms with E-state index in [-0.39, 0.29) is 11.1 Å². The molecule has 0 aliphatic heterocycles. The molecule has 0 radical (unpaired) electrons. The van der Waals surface area contributed by atoms with E-state index in [0.717, 1.165) is 13.8 Å². The SMILES string of the molecule is Cc1cc(Cl)nc(Cl)c1NC(=O)c1cc(Br)c(Br)s1. The maximum absolute atomic E-state index is 12.1. The summed E-state index contributed by atoms with van der Waals surface area (Å²) < 4.78 is 1.69. The van der Waals surface area contributed by atoms with Gasteiger partial charge in [0.05, 0.1) is 14.4 Å². The van der Waals surface area contributed by atoms with E-state index >= 15 is 0 Å². The first-order valence-corrected chi connectivity index (χ1v) is 8.13. The van der Waals surface area contributed by atoms with Gasteiger partial charge < -0.3 is 5.32 Å². The molecule has 0 saturated carbocycles. The largest absolute Gasteiger partial charge is 0.318 e. The smallest absolute Gasteiger partial charge is 0.265 e. The number of aromatic nitrogens is 1. The highest BCUT2D eigenvalue weighted by atomic mass is 79.9. The summed E-state index contributed by atoms with van der Waals surface area (Å²) in [5.41, 5.74) is 1.23. The summed E-state index contributed by atoms with van der Waals surface area (Å²) in [7, 11) is 0. The van der Waals surface area contributed by atoms with Crippen LogP contribution in [0.2, 0.25) is 10.3 Å². The van der Waals surface area contributed by atoms with Gasteiger partial charge in [0, 0.05) is 4.47 Å². The van der Waals surface area contributed by atoms with Crippen LogP contribution in [0.4, 0.5) is 5.69 Å². The van der Waals surface area contributed by atoms with Crippen LogP contribution >= 0.6 is 66.4 Å². The number of hydrogen-bond acceptors (Lipinski definition) is 3. The predicted molar refractivity (Wildman–Crippen MR) is 86.7 cm³/mol. The Morgan fingerprint density at radius 1 is 1.37 bits per heavy atom. The highest BCUT2D eigenvalue weighted by molar-refractivity contribution is 9.13. The maximum Gasteiger partial charge on any atom is 0.265 e. The van der Waals surface area contributed by atoms with Crippen molar-refractivity contribution in [1.82, 2.24) is 4.98 Å². The van der Waals surface area contributed by atoms with Crippen molar-refractivity contribution in [3.63, 3.8) is 0 Å². The van der Waals surface area contributed by atoms with E-state index in [9.17, 15) is 4.79 Å². The molecule has 0 aliphatic carbocycles. The highest BCUT2D eigenvalue weighted by Crippen LogP contribution is 2.33. The zero-order valence-electron chi connectivity index (χ0n) is 9.43. The lowest BCUT2D eigenvalue weighted by atomic mass is 10.2. The number of thiophene rings is 1. The van der Waals surface area contributed by atoms with E-state index in [1.165, 1.54) is 11.3 Å². The fraction of sp³-hybridized carbons (Fsp3) is 0.0909. The monoisotopic (exact) mass is 442 g/mol. The van der Waals surface area contributed by atoms with Gasteiger partial charge in [-0.3, -0.25) is 4.79 Å². The summed E-state index contributed by atoms with van der Waals surface area (Å²) >= 11 is 19.8. The van der Waals surface area contributed by atoms with Gasteiger partial charge >= 0.3 is 0 Å². The van der Waals surface area contributed by atoms with Gasteiger partial charge in [0.2, 0.25) is 0 Å². The Kier molecular flexibility index (Phi) is 4.89. The van der Waals surface area contributed by atoms with Crippen molar-refractivity contribution in [1.29, 1.82) is 0 Å². The topological polar surface area (TPSA) is 42.0 Å². The number of carbonyl (C=O) groups is 1. The lowest BCUT2D eigenvalue weighted by molar-refractivity contribution is 0.103. The number of pyridine rings is 1. The molecule has 0 aromatic carbocycles. The van der Waals surface area contributed by atoms with Crippen molar-refractivity contribution in [2.24, 2.45) is 0 Å². The molecule has 0 atom stereocenters. The number of aryl methyl sites for hydroxylation is 1. The third kappa shape index (κ3) is 3.49. The lowest BCUT2D eigenvalue weighted by Crippen LogP contribution is -2.12. The molecule has 8 heteroatoms. The van der Waals surface area contributed by atoms with E-state index in [0.29, 0.717) is 15.7 Å². The van der Waals surface area contributed by atoms with Crippen molar-refractivity contribution >= 4 is 78.0 Å². The second-order valence-corrected chi connectivity index (χ2v) is 7.58. The molecule has 1 amide bonds. The van der Waals surface area contributed by atoms with Crippen LogP contribution < -0.4 is 5.32 Å². The zero-order valence-corrected chi connectivity index (χ0v) is 14.9. The molecule has 0 saturated heterocycles. The summed E-state index contributed by atoms with van der Waals surface area (Å²) in [6.45, 7) is 1.80. The minimum absolute atomic E-state index is 0.174. The summed E-state index contributed by atoms with van der Waals surface area (Å²) in [4.78, 5) is 16.6. The third-order valence-corrected chi connectivity index (χ3v) is 5.97. The average Bonchev–Trinajstić information content (AvgIpc) is 2.64. The van der Waals surface area contributed by atoms with Crippen molar-refractivity contribution in [3.05, 3.63) is 41.1 Å². The number of hydrogen-bond donors (Lipinski definition) is 1. The van der Waals surface area contributed by atoms with Crippen molar-refractivity contribution in [3.8, 4) is 0 Å². The average molecular weight is 445 g/mol. The van der Waals surface area contributed by atoms with Crippen LogP contribution in [0.5, 0.6) is 0 Å². The normalized spacial score (nSPS) is 10.6. The number of anilines is 1. The standard InChI is InChI=1S/C11H6Br2Cl2N2OS/c1-4-2-7(14)16-10(15)8(4)17-11(18)6-3-5(12)9(13)19-6/h2-3H,1H3,(H,17,18). The van der Waals surface area contributed by atoms with Crippen LogP contribution in [0, 0.1) is 6.92 Å². The Morgan fingerprint density at radius 3 is 2.58 bits per heavy atom. The molecule has 2 aromatic heterocycles. The second kappa shape index (κ2) is 6.10. The summed E-state index contributed by atoms with van der Waals surface area (Å²) in [6.07, 6.45) is 0. The van der Waals surface area contributed by atoms with E-state index in [2.05, 4.69) is 42.2 Å². The summed E-state index contributed by atoms with van der Waals surface area (Å²) in [5.74, 6) is -0.245. The lowest BCUT2D eigenvalue weighted by Gasteiger charge is -2.09. The minimum Gasteiger partial charge on any atom is -0.318 e. The highest BCUT2D eigenvalue weighted by Gasteiger charge is 2.15. The Balaban J connectivity index is 2.29. The number of carbonyl (C=O) groups excluding carboxylic acids is 1. The summed E-state index contributed by atoms with van der Waals surface area (Å²) in [6, 6.07) is 3.37. The molecule has 1 N–H and O–H groups in total. The first-order chi connectivity index (χ1) is 8.88. The van der Waals surface area contributed by atoms with Gasteiger partial charge in [0.15, 0.2) is 5.15 Å². The Hall–Kier alpha value is -0.140. The molecular formula is C11H6Br2Cl2N2OS. The summed E-state index contributed by atoms with van der Waals surface area (Å²) in [5, 5.41) is 3.21. The van der Waals surface area contributed by atoms with Gasteiger partial charge in [-0.2, -0.15) is 0 Å². The molecule has 2 rings (SSSR count). The fourth-order valence-electron chi connectivity index (χ4n) is 1.38. The van der Waals surface area contributed by atoms with Crippen molar-refractivity contribution in [2.75, 3.05) is 5.32 Å². The van der Waals surface area contributed by atoms with Gasteiger partial charge in [-0.15, -0.1) is 11.3 Å². The number of amides is 1. The van der Waals surface area contributed by atoms with Gasteiger partial charge in [-0.1, -0.05) is 23.2 Å². The van der Waals surface area contributed by atoms with E-state index in [1.54, 1.807) is 19.1 Å². The van der Waals surface area contributed by atoms with Crippen molar-refractivity contribution < 1.29 is 4.79 Å². The minimum atomic E-state index is -0.245. The van der Waals surface area contributed by atoms with E-state index < -0.39 is 0 Å². The molecule has 0 fully saturated rings. The third-order valence-electron chi connectivity index (χ3n) is 2.25. The Labute approximate surface area is 140 Å². The fourth-order valence-corrected chi connectivity index (χ4v) is 3.89. The van der Waals surface area contributed by atoms with E-state index in [1.807, 2.05) is 0 Å². The van der Waals surface area contributed by atoms with Crippen molar-refractivity contribution in [2.45, 2.75) is 6.92 Å². The quantitative estimate of drug-likeness (QED) is 0.618. The molecule has 100 valence electrons. The van der Waals surface area contributed by atoms with Crippen LogP contribution in [0.3, 0.4) is 0 Å². The molecule has 2 aromatic rings. The number of nitrogens with zero attached hydrogens (tertiary/aromatic N) is 1. The molecule has 0 unspecified atom stereocenters. The Morgan fingerprint density at radius 2 is 2.05 bits per heavy atom. The molecule has 0 spiro atoms. The predicted octanol–water partition coefficient (Wildman–Crippen LogP) is 5.54. The van der Waals surface area contributed by atoms with Crippen LogP contribution in [0.1, 0.15) is 15.2 Å². The van der Waals surface area contributed by atoms with Gasteiger partial charge in [0.25, 0.3) is 5.91 Å². The van der Waals surface area contributed by atoms with Gasteiger partial charge in [-0.05, 0) is 56.5 Å². The zero-order chi connectivity index (χ0) is 14.2.